The van der Waals surface area contributed by atoms with Gasteiger partial charge in [0.25, 0.3) is 5.91 Å². The van der Waals surface area contributed by atoms with Gasteiger partial charge in [-0.25, -0.2) is 0 Å². The van der Waals surface area contributed by atoms with Crippen molar-refractivity contribution in [2.45, 2.75) is 17.9 Å². The number of para-hydroxylation sites is 1. The largest absolute Gasteiger partial charge is 0.302 e. The van der Waals surface area contributed by atoms with E-state index in [4.69, 9.17) is 11.6 Å². The Morgan fingerprint density at radius 2 is 1.79 bits per heavy atom. The summed E-state index contributed by atoms with van der Waals surface area (Å²) in [4.78, 5) is 31.5. The average Bonchev–Trinajstić information content (AvgIpc) is 2.81. The van der Waals surface area contributed by atoms with Gasteiger partial charge in [-0.05, 0) is 48.5 Å². The lowest BCUT2D eigenvalue weighted by Gasteiger charge is -2.30. The lowest BCUT2D eigenvalue weighted by molar-refractivity contribution is -0.121. The Bertz CT molecular complexity index is 1180. The summed E-state index contributed by atoms with van der Waals surface area (Å²) in [6.45, 7) is 1.47. The molecule has 6 heteroatoms. The molecule has 0 aromatic heterocycles. The molecule has 33 heavy (non-hydrogen) atoms. The first-order valence-corrected chi connectivity index (χ1v) is 12.0. The topological polar surface area (TPSA) is 40.6 Å². The Kier molecular flexibility index (Phi) is 7.65. The number of hydrogen-bond donors (Lipinski definition) is 0. The summed E-state index contributed by atoms with van der Waals surface area (Å²) in [5.41, 5.74) is 2.84. The number of carbonyl (C=O) groups excluding carboxylic acids is 2. The summed E-state index contributed by atoms with van der Waals surface area (Å²) in [6.07, 6.45) is 2.22. The molecule has 0 fully saturated rings. The fourth-order valence-electron chi connectivity index (χ4n) is 3.71. The molecule has 168 valence electrons. The minimum atomic E-state index is -0.162. The van der Waals surface area contributed by atoms with Crippen molar-refractivity contribution in [3.05, 3.63) is 99.9 Å². The molecule has 0 N–H and O–H groups in total. The van der Waals surface area contributed by atoms with Crippen LogP contribution in [0.1, 0.15) is 17.5 Å². The number of halogens is 1. The van der Waals surface area contributed by atoms with E-state index < -0.39 is 0 Å². The maximum Gasteiger partial charge on any atom is 0.265 e. The monoisotopic (exact) mass is 476 g/mol. The third kappa shape index (κ3) is 6.14. The van der Waals surface area contributed by atoms with Crippen LogP contribution in [-0.2, 0) is 16.1 Å². The van der Waals surface area contributed by atoms with Crippen molar-refractivity contribution in [2.24, 2.45) is 0 Å². The SMILES string of the molecule is CN(CCC(=O)CN1C(=O)/C(=C/c2cccc(Cl)c2)Sc2ccccc21)Cc1ccccc1. The van der Waals surface area contributed by atoms with Gasteiger partial charge < -0.3 is 4.90 Å². The molecule has 0 saturated heterocycles. The van der Waals surface area contributed by atoms with E-state index in [1.54, 1.807) is 11.0 Å². The van der Waals surface area contributed by atoms with E-state index in [0.717, 1.165) is 22.7 Å². The van der Waals surface area contributed by atoms with E-state index in [1.807, 2.05) is 73.8 Å². The second kappa shape index (κ2) is 10.8. The van der Waals surface area contributed by atoms with E-state index in [2.05, 4.69) is 17.0 Å². The summed E-state index contributed by atoms with van der Waals surface area (Å²) in [5.74, 6) is -0.128. The molecule has 1 heterocycles. The molecule has 4 rings (SSSR count). The highest BCUT2D eigenvalue weighted by atomic mass is 35.5. The summed E-state index contributed by atoms with van der Waals surface area (Å²) in [6, 6.07) is 25.3. The van der Waals surface area contributed by atoms with Gasteiger partial charge in [0.05, 0.1) is 17.1 Å². The maximum atomic E-state index is 13.3. The number of amides is 1. The van der Waals surface area contributed by atoms with E-state index >= 15 is 0 Å². The normalized spacial score (nSPS) is 14.6. The standard InChI is InChI=1S/C27H25ClN2O2S/c1-29(18-20-8-3-2-4-9-20)15-14-23(31)19-30-24-12-5-6-13-25(24)33-26(27(30)32)17-21-10-7-11-22(28)16-21/h2-13,16-17H,14-15,18-19H2,1H3/b26-17-. The summed E-state index contributed by atoms with van der Waals surface area (Å²) < 4.78 is 0. The van der Waals surface area contributed by atoms with Crippen LogP contribution < -0.4 is 4.90 Å². The van der Waals surface area contributed by atoms with Crippen LogP contribution in [0.25, 0.3) is 6.08 Å². The fraction of sp³-hybridized carbons (Fsp3) is 0.185. The number of nitrogens with zero attached hydrogens (tertiary/aromatic N) is 2. The number of fused-ring (bicyclic) bond motifs is 1. The van der Waals surface area contributed by atoms with E-state index in [-0.39, 0.29) is 18.2 Å². The number of rotatable bonds is 8. The third-order valence-electron chi connectivity index (χ3n) is 5.38. The first-order chi connectivity index (χ1) is 16.0. The van der Waals surface area contributed by atoms with Gasteiger partial charge in [-0.3, -0.25) is 14.5 Å². The molecule has 0 unspecified atom stereocenters. The third-order valence-corrected chi connectivity index (χ3v) is 6.69. The van der Waals surface area contributed by atoms with Gasteiger partial charge in [0.15, 0.2) is 5.78 Å². The Labute approximate surface area is 203 Å². The van der Waals surface area contributed by atoms with Crippen molar-refractivity contribution < 1.29 is 9.59 Å². The van der Waals surface area contributed by atoms with Crippen LogP contribution in [0.3, 0.4) is 0 Å². The summed E-state index contributed by atoms with van der Waals surface area (Å²) >= 11 is 7.53. The predicted octanol–water partition coefficient (Wildman–Crippen LogP) is 5.91. The van der Waals surface area contributed by atoms with Crippen LogP contribution in [0.2, 0.25) is 5.02 Å². The molecule has 3 aromatic carbocycles. The number of Topliss-reactive ketones (excluding diaryl/α,β-unsaturated/α-hetero) is 1. The molecule has 0 spiro atoms. The first-order valence-electron chi connectivity index (χ1n) is 10.8. The number of anilines is 1. The second-order valence-electron chi connectivity index (χ2n) is 8.04. The van der Waals surface area contributed by atoms with Gasteiger partial charge in [0.1, 0.15) is 0 Å². The van der Waals surface area contributed by atoms with E-state index in [0.29, 0.717) is 22.9 Å². The molecule has 0 bridgehead atoms. The highest BCUT2D eigenvalue weighted by Gasteiger charge is 2.30. The minimum absolute atomic E-state index is 0.0343. The molecule has 0 radical (unpaired) electrons. The Hall–Kier alpha value is -2.86. The highest BCUT2D eigenvalue weighted by molar-refractivity contribution is 8.04. The number of benzene rings is 3. The van der Waals surface area contributed by atoms with Crippen molar-refractivity contribution in [3.8, 4) is 0 Å². The zero-order valence-electron chi connectivity index (χ0n) is 18.4. The summed E-state index contributed by atoms with van der Waals surface area (Å²) in [5, 5.41) is 0.615. The Morgan fingerprint density at radius 1 is 1.03 bits per heavy atom. The van der Waals surface area contributed by atoms with Crippen LogP contribution in [0.4, 0.5) is 5.69 Å². The molecular weight excluding hydrogens is 452 g/mol. The Balaban J connectivity index is 1.46. The minimum Gasteiger partial charge on any atom is -0.302 e. The molecule has 3 aromatic rings. The second-order valence-corrected chi connectivity index (χ2v) is 9.56. The molecule has 4 nitrogen and oxygen atoms in total. The van der Waals surface area contributed by atoms with Crippen molar-refractivity contribution in [1.29, 1.82) is 0 Å². The zero-order chi connectivity index (χ0) is 23.2. The molecule has 0 saturated carbocycles. The van der Waals surface area contributed by atoms with Crippen LogP contribution in [0.15, 0.2) is 88.7 Å². The van der Waals surface area contributed by atoms with E-state index in [1.165, 1.54) is 17.3 Å². The van der Waals surface area contributed by atoms with Gasteiger partial charge in [0.2, 0.25) is 0 Å². The van der Waals surface area contributed by atoms with Crippen LogP contribution in [0.5, 0.6) is 0 Å². The van der Waals surface area contributed by atoms with Gasteiger partial charge in [0, 0.05) is 29.4 Å². The zero-order valence-corrected chi connectivity index (χ0v) is 20.0. The predicted molar refractivity (Wildman–Crippen MR) is 136 cm³/mol. The number of hydrogen-bond acceptors (Lipinski definition) is 4. The fourth-order valence-corrected chi connectivity index (χ4v) is 4.97. The number of carbonyl (C=O) groups is 2. The summed E-state index contributed by atoms with van der Waals surface area (Å²) in [7, 11) is 2.00. The van der Waals surface area contributed by atoms with Gasteiger partial charge in [-0.2, -0.15) is 0 Å². The molecule has 0 aliphatic carbocycles. The highest BCUT2D eigenvalue weighted by Crippen LogP contribution is 2.42. The maximum absolute atomic E-state index is 13.3. The van der Waals surface area contributed by atoms with Crippen LogP contribution >= 0.6 is 23.4 Å². The van der Waals surface area contributed by atoms with Crippen molar-refractivity contribution >= 4 is 46.8 Å². The number of thioether (sulfide) groups is 1. The van der Waals surface area contributed by atoms with Gasteiger partial charge in [-0.15, -0.1) is 0 Å². The van der Waals surface area contributed by atoms with E-state index in [9.17, 15) is 9.59 Å². The molecule has 1 aliphatic rings. The quantitative estimate of drug-likeness (QED) is 0.379. The molecule has 1 amide bonds. The van der Waals surface area contributed by atoms with Crippen molar-refractivity contribution in [1.82, 2.24) is 4.90 Å². The number of ketones is 1. The molecular formula is C27H25ClN2O2S. The lowest BCUT2D eigenvalue weighted by atomic mass is 10.1. The van der Waals surface area contributed by atoms with Gasteiger partial charge in [-0.1, -0.05) is 78.0 Å². The molecule has 1 aliphatic heterocycles. The Morgan fingerprint density at radius 3 is 2.58 bits per heavy atom. The van der Waals surface area contributed by atoms with Crippen LogP contribution in [-0.4, -0.2) is 36.7 Å². The lowest BCUT2D eigenvalue weighted by Crippen LogP contribution is -2.39. The van der Waals surface area contributed by atoms with Crippen molar-refractivity contribution in [3.63, 3.8) is 0 Å². The molecule has 0 atom stereocenters. The first kappa shape index (κ1) is 23.3. The van der Waals surface area contributed by atoms with Crippen LogP contribution in [0, 0.1) is 0 Å². The van der Waals surface area contributed by atoms with Gasteiger partial charge >= 0.3 is 0 Å². The smallest absolute Gasteiger partial charge is 0.265 e. The van der Waals surface area contributed by atoms with Crippen molar-refractivity contribution in [2.75, 3.05) is 25.0 Å². The average molecular weight is 477 g/mol.